The Hall–Kier alpha value is -2.62. The van der Waals surface area contributed by atoms with Crippen LogP contribution in [0.4, 0.5) is 5.82 Å². The molecule has 2 heterocycles. The second kappa shape index (κ2) is 8.59. The first-order valence-electron chi connectivity index (χ1n) is 8.38. The molecule has 0 fully saturated rings. The number of hydrogen-bond acceptors (Lipinski definition) is 7. The molecule has 1 atom stereocenters. The van der Waals surface area contributed by atoms with Crippen LogP contribution < -0.4 is 16.2 Å². The molecule has 1 aromatic carbocycles. The first kappa shape index (κ1) is 20.1. The highest BCUT2D eigenvalue weighted by molar-refractivity contribution is 6.42. The van der Waals surface area contributed by atoms with Crippen molar-refractivity contribution in [3.8, 4) is 5.75 Å². The maximum absolute atomic E-state index is 10.8. The summed E-state index contributed by atoms with van der Waals surface area (Å²) in [4.78, 5) is 23.2. The number of imidazole rings is 1. The Balaban J connectivity index is 1.80. The van der Waals surface area contributed by atoms with Gasteiger partial charge in [0.15, 0.2) is 11.5 Å². The van der Waals surface area contributed by atoms with Gasteiger partial charge in [-0.15, -0.1) is 0 Å². The molecule has 0 bridgehead atoms. The topological polar surface area (TPSA) is 142 Å². The van der Waals surface area contributed by atoms with Gasteiger partial charge in [0.05, 0.1) is 29.5 Å². The first-order valence-corrected chi connectivity index (χ1v) is 9.13. The van der Waals surface area contributed by atoms with E-state index in [1.807, 2.05) is 0 Å². The molecule has 0 aliphatic heterocycles. The van der Waals surface area contributed by atoms with Crippen molar-refractivity contribution in [3.05, 3.63) is 40.4 Å². The number of nitrogens with two attached hydrogens (primary N) is 2. The number of halogens is 2. The highest BCUT2D eigenvalue weighted by Gasteiger charge is 2.16. The third kappa shape index (κ3) is 4.27. The van der Waals surface area contributed by atoms with Crippen molar-refractivity contribution in [2.45, 2.75) is 25.4 Å². The minimum absolute atomic E-state index is 0.283. The summed E-state index contributed by atoms with van der Waals surface area (Å²) < 4.78 is 7.57. The van der Waals surface area contributed by atoms with Crippen molar-refractivity contribution in [1.82, 2.24) is 19.5 Å². The summed E-state index contributed by atoms with van der Waals surface area (Å²) in [5, 5.41) is 9.57. The fraction of sp³-hybridized carbons (Fsp3) is 0.294. The quantitative estimate of drug-likeness (QED) is 0.467. The number of benzene rings is 1. The molecule has 9 nitrogen and oxygen atoms in total. The number of aliphatic carboxylic acids is 1. The number of aromatic nitrogens is 4. The highest BCUT2D eigenvalue weighted by Crippen LogP contribution is 2.34. The van der Waals surface area contributed by atoms with Crippen LogP contribution in [0, 0.1) is 0 Å². The zero-order valence-corrected chi connectivity index (χ0v) is 16.2. The number of hydrogen-bond donors (Lipinski definition) is 3. The molecular formula is C17H18Cl2N6O3. The molecule has 11 heteroatoms. The van der Waals surface area contributed by atoms with E-state index in [2.05, 4.69) is 15.0 Å². The van der Waals surface area contributed by atoms with Gasteiger partial charge in [-0.3, -0.25) is 4.79 Å². The van der Waals surface area contributed by atoms with Gasteiger partial charge in [0.25, 0.3) is 0 Å². The number of rotatable bonds is 8. The molecule has 148 valence electrons. The summed E-state index contributed by atoms with van der Waals surface area (Å²) in [5.74, 6) is -0.224. The van der Waals surface area contributed by atoms with Gasteiger partial charge < -0.3 is 25.9 Å². The number of anilines is 1. The monoisotopic (exact) mass is 424 g/mol. The van der Waals surface area contributed by atoms with Gasteiger partial charge in [0, 0.05) is 5.56 Å². The lowest BCUT2D eigenvalue weighted by Crippen LogP contribution is -2.30. The number of carbonyl (C=O) groups is 1. The largest absolute Gasteiger partial charge is 0.493 e. The third-order valence-corrected chi connectivity index (χ3v) is 4.99. The molecule has 0 saturated heterocycles. The van der Waals surface area contributed by atoms with Crippen LogP contribution in [0.5, 0.6) is 5.75 Å². The number of carboxylic acid groups (broad SMARTS) is 1. The van der Waals surface area contributed by atoms with E-state index in [1.165, 1.54) is 6.33 Å². The van der Waals surface area contributed by atoms with E-state index in [1.54, 1.807) is 23.0 Å². The number of carboxylic acids is 1. The van der Waals surface area contributed by atoms with Crippen LogP contribution in [0.1, 0.15) is 18.4 Å². The standard InChI is InChI=1S/C17H18Cl2N6O3/c18-10-3-4-12(28-5-1-2-11(20)17(26)27)9(13(10)19)6-25-8-24-14-15(21)22-7-23-16(14)25/h3-4,7-8,11H,1-2,5-6,20H2,(H,26,27)(H2,21,22,23)/t11-/m1/s1. The number of nitrogen functional groups attached to an aromatic ring is 1. The van der Waals surface area contributed by atoms with Crippen molar-refractivity contribution in [2.24, 2.45) is 5.73 Å². The summed E-state index contributed by atoms with van der Waals surface area (Å²) >= 11 is 12.6. The predicted octanol–water partition coefficient (Wildman–Crippen LogP) is 2.33. The van der Waals surface area contributed by atoms with Crippen molar-refractivity contribution in [1.29, 1.82) is 0 Å². The second-order valence-corrected chi connectivity index (χ2v) is 6.86. The summed E-state index contributed by atoms with van der Waals surface area (Å²) in [5.41, 5.74) is 13.0. The average molecular weight is 425 g/mol. The van der Waals surface area contributed by atoms with E-state index in [-0.39, 0.29) is 12.4 Å². The van der Waals surface area contributed by atoms with Crippen molar-refractivity contribution < 1.29 is 14.6 Å². The fourth-order valence-electron chi connectivity index (χ4n) is 2.65. The molecule has 0 aliphatic carbocycles. The third-order valence-electron chi connectivity index (χ3n) is 4.15. The maximum atomic E-state index is 10.8. The number of nitrogens with zero attached hydrogens (tertiary/aromatic N) is 4. The zero-order chi connectivity index (χ0) is 20.3. The number of ether oxygens (including phenoxy) is 1. The van der Waals surface area contributed by atoms with Gasteiger partial charge in [0.2, 0.25) is 0 Å². The molecule has 3 rings (SSSR count). The molecule has 0 radical (unpaired) electrons. The molecular weight excluding hydrogens is 407 g/mol. The first-order chi connectivity index (χ1) is 13.4. The minimum Gasteiger partial charge on any atom is -0.493 e. The van der Waals surface area contributed by atoms with Crippen LogP contribution in [-0.2, 0) is 11.3 Å². The smallest absolute Gasteiger partial charge is 0.320 e. The molecule has 0 spiro atoms. The van der Waals surface area contributed by atoms with Crippen molar-refractivity contribution in [3.63, 3.8) is 0 Å². The highest BCUT2D eigenvalue weighted by atomic mass is 35.5. The lowest BCUT2D eigenvalue weighted by molar-refractivity contribution is -0.138. The summed E-state index contributed by atoms with van der Waals surface area (Å²) in [7, 11) is 0. The van der Waals surface area contributed by atoms with Crippen molar-refractivity contribution >= 4 is 46.2 Å². The van der Waals surface area contributed by atoms with Gasteiger partial charge in [-0.2, -0.15) is 0 Å². The lowest BCUT2D eigenvalue weighted by atomic mass is 10.1. The normalized spacial score (nSPS) is 12.2. The molecule has 0 saturated carbocycles. The van der Waals surface area contributed by atoms with Crippen LogP contribution in [0.15, 0.2) is 24.8 Å². The fourth-order valence-corrected chi connectivity index (χ4v) is 3.04. The summed E-state index contributed by atoms with van der Waals surface area (Å²) in [6.07, 6.45) is 3.72. The second-order valence-electron chi connectivity index (χ2n) is 6.08. The predicted molar refractivity (Wildman–Crippen MR) is 106 cm³/mol. The summed E-state index contributed by atoms with van der Waals surface area (Å²) in [6.45, 7) is 0.585. The molecule has 5 N–H and O–H groups in total. The number of fused-ring (bicyclic) bond motifs is 1. The van der Waals surface area contributed by atoms with Crippen LogP contribution >= 0.6 is 23.2 Å². The Morgan fingerprint density at radius 3 is 2.82 bits per heavy atom. The SMILES string of the molecule is Nc1ncnc2c1ncn2Cc1c(OCCC[C@@H](N)C(=O)O)ccc(Cl)c1Cl. The molecule has 2 aromatic heterocycles. The van der Waals surface area contributed by atoms with E-state index in [9.17, 15) is 4.79 Å². The summed E-state index contributed by atoms with van der Waals surface area (Å²) in [6, 6.07) is 2.43. The van der Waals surface area contributed by atoms with E-state index < -0.39 is 12.0 Å². The van der Waals surface area contributed by atoms with Crippen LogP contribution in [0.2, 0.25) is 10.0 Å². The van der Waals surface area contributed by atoms with E-state index >= 15 is 0 Å². The van der Waals surface area contributed by atoms with Gasteiger partial charge >= 0.3 is 5.97 Å². The van der Waals surface area contributed by atoms with Crippen molar-refractivity contribution in [2.75, 3.05) is 12.3 Å². The average Bonchev–Trinajstić information content (AvgIpc) is 3.08. The zero-order valence-electron chi connectivity index (χ0n) is 14.7. The maximum Gasteiger partial charge on any atom is 0.320 e. The Labute approximate surface area is 170 Å². The molecule has 28 heavy (non-hydrogen) atoms. The van der Waals surface area contributed by atoms with Gasteiger partial charge in [-0.25, -0.2) is 15.0 Å². The van der Waals surface area contributed by atoms with Gasteiger partial charge in [-0.1, -0.05) is 23.2 Å². The van der Waals surface area contributed by atoms with Crippen LogP contribution in [-0.4, -0.2) is 43.2 Å². The Bertz CT molecular complexity index is 1010. The Morgan fingerprint density at radius 1 is 1.29 bits per heavy atom. The van der Waals surface area contributed by atoms with E-state index in [4.69, 9.17) is 44.5 Å². The van der Waals surface area contributed by atoms with E-state index in [0.717, 1.165) is 0 Å². The van der Waals surface area contributed by atoms with E-state index in [0.29, 0.717) is 51.9 Å². The molecule has 0 aliphatic rings. The Morgan fingerprint density at radius 2 is 2.07 bits per heavy atom. The Kier molecular flexibility index (Phi) is 6.18. The van der Waals surface area contributed by atoms with Gasteiger partial charge in [-0.05, 0) is 25.0 Å². The van der Waals surface area contributed by atoms with Crippen LogP contribution in [0.3, 0.4) is 0 Å². The molecule has 3 aromatic rings. The lowest BCUT2D eigenvalue weighted by Gasteiger charge is -2.15. The molecule has 0 unspecified atom stereocenters. The van der Waals surface area contributed by atoms with Gasteiger partial charge in [0.1, 0.15) is 23.6 Å². The van der Waals surface area contributed by atoms with Crippen LogP contribution in [0.25, 0.3) is 11.2 Å². The molecule has 0 amide bonds. The minimum atomic E-state index is -1.04.